The molecule has 5 aromatic carbocycles. The number of benzene rings is 5. The quantitative estimate of drug-likeness (QED) is 0.0955. The third kappa shape index (κ3) is 4.15. The van der Waals surface area contributed by atoms with Gasteiger partial charge in [-0.25, -0.2) is 0 Å². The molecule has 0 aliphatic carbocycles. The van der Waals surface area contributed by atoms with E-state index >= 15 is 0 Å². The van der Waals surface area contributed by atoms with Gasteiger partial charge in [0, 0.05) is 7.11 Å². The van der Waals surface area contributed by atoms with Gasteiger partial charge >= 0.3 is 0 Å². The van der Waals surface area contributed by atoms with E-state index in [1.807, 2.05) is 0 Å². The lowest BCUT2D eigenvalue weighted by molar-refractivity contribution is -0.0334. The molecule has 3 atom stereocenters. The van der Waals surface area contributed by atoms with Crippen molar-refractivity contribution in [3.63, 3.8) is 0 Å². The monoisotopic (exact) mass is 485 g/mol. The Morgan fingerprint density at radius 3 is 1.70 bits per heavy atom. The van der Waals surface area contributed by atoms with Crippen molar-refractivity contribution in [2.45, 2.75) is 17.6 Å². The molecular weight excluding hydrogens is 454 g/mol. The van der Waals surface area contributed by atoms with E-state index in [1.54, 1.807) is 7.11 Å². The van der Waals surface area contributed by atoms with Crippen molar-refractivity contribution in [3.05, 3.63) is 156 Å². The van der Waals surface area contributed by atoms with Crippen molar-refractivity contribution in [2.75, 3.05) is 20.5 Å². The minimum absolute atomic E-state index is 0.168. The van der Waals surface area contributed by atoms with Crippen LogP contribution in [0.15, 0.2) is 133 Å². The molecule has 1 aliphatic heterocycles. The van der Waals surface area contributed by atoms with Crippen molar-refractivity contribution < 1.29 is 9.47 Å². The predicted molar refractivity (Wildman–Crippen MR) is 149 cm³/mol. The molecule has 5 aromatic rings. The standard InChI is InChI=1S/C34H31NO2/c1-36-25-37-24-32-33(31-23-13-15-26-14-11-12-22-30(26)31)35(32)34(27-16-5-2-6-17-27,28-18-7-3-8-19-28)29-20-9-4-10-21-29/h2-23,32-33H,24-25H2,1H3/t32-,33-,35?/m1/s1. The second kappa shape index (κ2) is 10.3. The molecule has 1 saturated heterocycles. The maximum atomic E-state index is 6.04. The van der Waals surface area contributed by atoms with Crippen LogP contribution in [0.4, 0.5) is 0 Å². The Morgan fingerprint density at radius 2 is 1.14 bits per heavy atom. The van der Waals surface area contributed by atoms with E-state index in [0.29, 0.717) is 6.61 Å². The van der Waals surface area contributed by atoms with Crippen LogP contribution in [0, 0.1) is 0 Å². The first kappa shape index (κ1) is 23.6. The molecule has 1 aliphatic rings. The Hall–Kier alpha value is -3.76. The van der Waals surface area contributed by atoms with Gasteiger partial charge in [-0.2, -0.15) is 0 Å². The third-order valence-corrected chi connectivity index (χ3v) is 7.53. The Bertz CT molecular complexity index is 1350. The van der Waals surface area contributed by atoms with Crippen LogP contribution in [0.25, 0.3) is 10.8 Å². The maximum Gasteiger partial charge on any atom is 0.146 e. The summed E-state index contributed by atoms with van der Waals surface area (Å²) in [4.78, 5) is 2.64. The van der Waals surface area contributed by atoms with E-state index in [0.717, 1.165) is 0 Å². The van der Waals surface area contributed by atoms with Crippen molar-refractivity contribution in [3.8, 4) is 0 Å². The smallest absolute Gasteiger partial charge is 0.146 e. The molecule has 0 bridgehead atoms. The van der Waals surface area contributed by atoms with Crippen LogP contribution in [0.3, 0.4) is 0 Å². The first-order chi connectivity index (χ1) is 18.4. The molecule has 0 N–H and O–H groups in total. The Morgan fingerprint density at radius 1 is 0.622 bits per heavy atom. The van der Waals surface area contributed by atoms with Gasteiger partial charge in [-0.05, 0) is 33.0 Å². The van der Waals surface area contributed by atoms with Crippen molar-refractivity contribution in [1.82, 2.24) is 4.90 Å². The van der Waals surface area contributed by atoms with Crippen LogP contribution in [0.1, 0.15) is 28.3 Å². The summed E-state index contributed by atoms with van der Waals surface area (Å²) in [6.07, 6.45) is 0. The van der Waals surface area contributed by atoms with Crippen LogP contribution in [0.5, 0.6) is 0 Å². The maximum absolute atomic E-state index is 6.04. The van der Waals surface area contributed by atoms with Crippen LogP contribution in [0.2, 0.25) is 0 Å². The summed E-state index contributed by atoms with van der Waals surface area (Å²) in [5.41, 5.74) is 4.56. The lowest BCUT2D eigenvalue weighted by Crippen LogP contribution is -2.39. The summed E-state index contributed by atoms with van der Waals surface area (Å²) in [7, 11) is 1.68. The highest BCUT2D eigenvalue weighted by atomic mass is 16.7. The topological polar surface area (TPSA) is 21.5 Å². The van der Waals surface area contributed by atoms with Gasteiger partial charge in [0.05, 0.1) is 24.2 Å². The number of methoxy groups -OCH3 is 1. The molecule has 0 amide bonds. The zero-order valence-electron chi connectivity index (χ0n) is 21.0. The number of ether oxygens (including phenoxy) is 2. The van der Waals surface area contributed by atoms with E-state index in [-0.39, 0.29) is 18.9 Å². The van der Waals surface area contributed by atoms with E-state index in [9.17, 15) is 0 Å². The molecular formula is C34H31NO2. The van der Waals surface area contributed by atoms with Crippen LogP contribution >= 0.6 is 0 Å². The van der Waals surface area contributed by atoms with Crippen molar-refractivity contribution in [2.24, 2.45) is 0 Å². The van der Waals surface area contributed by atoms with Gasteiger partial charge in [-0.1, -0.05) is 133 Å². The summed E-state index contributed by atoms with van der Waals surface area (Å²) in [6, 6.07) is 48.3. The number of fused-ring (bicyclic) bond motifs is 1. The van der Waals surface area contributed by atoms with Gasteiger partial charge in [0.25, 0.3) is 0 Å². The van der Waals surface area contributed by atoms with Crippen LogP contribution < -0.4 is 0 Å². The zero-order valence-corrected chi connectivity index (χ0v) is 21.0. The van der Waals surface area contributed by atoms with Gasteiger partial charge in [-0.15, -0.1) is 0 Å². The van der Waals surface area contributed by atoms with Crippen LogP contribution in [-0.2, 0) is 15.0 Å². The summed E-state index contributed by atoms with van der Waals surface area (Å²) in [5, 5.41) is 2.55. The first-order valence-electron chi connectivity index (χ1n) is 12.8. The summed E-state index contributed by atoms with van der Waals surface area (Å²) >= 11 is 0. The molecule has 0 spiro atoms. The number of nitrogens with zero attached hydrogens (tertiary/aromatic N) is 1. The minimum atomic E-state index is -0.494. The summed E-state index contributed by atoms with van der Waals surface area (Å²) in [5.74, 6) is 0. The molecule has 184 valence electrons. The second-order valence-electron chi connectivity index (χ2n) is 9.57. The van der Waals surface area contributed by atoms with Gasteiger partial charge in [-0.3, -0.25) is 4.90 Å². The number of hydrogen-bond donors (Lipinski definition) is 0. The molecule has 3 heteroatoms. The highest BCUT2D eigenvalue weighted by Crippen LogP contribution is 2.58. The molecule has 37 heavy (non-hydrogen) atoms. The average Bonchev–Trinajstić information content (AvgIpc) is 3.69. The fourth-order valence-electron chi connectivity index (χ4n) is 6.01. The van der Waals surface area contributed by atoms with Gasteiger partial charge < -0.3 is 9.47 Å². The number of hydrogen-bond acceptors (Lipinski definition) is 3. The van der Waals surface area contributed by atoms with Gasteiger partial charge in [0.15, 0.2) is 0 Å². The summed E-state index contributed by atoms with van der Waals surface area (Å²) < 4.78 is 11.3. The molecule has 6 rings (SSSR count). The zero-order chi connectivity index (χ0) is 25.1. The molecule has 0 radical (unpaired) electrons. The molecule has 1 fully saturated rings. The number of rotatable bonds is 9. The normalized spacial score (nSPS) is 19.1. The summed E-state index contributed by atoms with van der Waals surface area (Å²) in [6.45, 7) is 0.859. The third-order valence-electron chi connectivity index (χ3n) is 7.53. The minimum Gasteiger partial charge on any atom is -0.359 e. The fourth-order valence-corrected chi connectivity index (χ4v) is 6.01. The highest BCUT2D eigenvalue weighted by Gasteiger charge is 2.61. The largest absolute Gasteiger partial charge is 0.359 e. The van der Waals surface area contributed by atoms with E-state index in [2.05, 4.69) is 138 Å². The highest BCUT2D eigenvalue weighted by molar-refractivity contribution is 5.86. The van der Waals surface area contributed by atoms with Crippen LogP contribution in [-0.4, -0.2) is 31.5 Å². The Kier molecular flexibility index (Phi) is 6.58. The lowest BCUT2D eigenvalue weighted by Gasteiger charge is -2.39. The fraction of sp³-hybridized carbons (Fsp3) is 0.176. The Balaban J connectivity index is 1.60. The molecule has 3 nitrogen and oxygen atoms in total. The predicted octanol–water partition coefficient (Wildman–Crippen LogP) is 7.18. The van der Waals surface area contributed by atoms with E-state index < -0.39 is 5.54 Å². The second-order valence-corrected chi connectivity index (χ2v) is 9.57. The Labute approximate surface area is 218 Å². The lowest BCUT2D eigenvalue weighted by atomic mass is 9.76. The first-order valence-corrected chi connectivity index (χ1v) is 12.8. The molecule has 1 heterocycles. The SMILES string of the molecule is COCOC[C@@H]1[C@@H](c2cccc3ccccc23)N1C(c1ccccc1)(c1ccccc1)c1ccccc1. The van der Waals surface area contributed by atoms with Gasteiger partial charge in [0.1, 0.15) is 6.79 Å². The van der Waals surface area contributed by atoms with E-state index in [1.165, 1.54) is 33.0 Å². The average molecular weight is 486 g/mol. The van der Waals surface area contributed by atoms with Crippen molar-refractivity contribution in [1.29, 1.82) is 0 Å². The molecule has 0 saturated carbocycles. The van der Waals surface area contributed by atoms with E-state index in [4.69, 9.17) is 9.47 Å². The molecule has 1 unspecified atom stereocenters. The van der Waals surface area contributed by atoms with Gasteiger partial charge in [0.2, 0.25) is 0 Å². The van der Waals surface area contributed by atoms with Crippen molar-refractivity contribution >= 4 is 10.8 Å². The molecule has 0 aromatic heterocycles.